The van der Waals surface area contributed by atoms with Crippen LogP contribution in [0.5, 0.6) is 0 Å². The van der Waals surface area contributed by atoms with Crippen molar-refractivity contribution in [2.45, 2.75) is 0 Å². The molecule has 0 saturated heterocycles. The zero-order chi connectivity index (χ0) is 10.0. The number of rotatable bonds is 1. The van der Waals surface area contributed by atoms with Gasteiger partial charge in [-0.05, 0) is 0 Å². The van der Waals surface area contributed by atoms with Crippen LogP contribution in [0.25, 0.3) is 0 Å². The molecular formula is C7H7ClN4O. The van der Waals surface area contributed by atoms with Crippen LogP contribution in [0.15, 0.2) is 4.79 Å². The molecule has 1 heterocycles. The van der Waals surface area contributed by atoms with Gasteiger partial charge in [-0.1, -0.05) is 11.6 Å². The molecule has 68 valence electrons. The third-order valence-corrected chi connectivity index (χ3v) is 1.67. The van der Waals surface area contributed by atoms with Gasteiger partial charge >= 0.3 is 0 Å². The summed E-state index contributed by atoms with van der Waals surface area (Å²) in [7, 11) is 3.42. The van der Waals surface area contributed by atoms with Gasteiger partial charge < -0.3 is 4.90 Å². The first kappa shape index (κ1) is 9.55. The second kappa shape index (κ2) is 3.46. The van der Waals surface area contributed by atoms with Crippen LogP contribution in [0, 0.1) is 11.3 Å². The van der Waals surface area contributed by atoms with E-state index < -0.39 is 5.56 Å². The van der Waals surface area contributed by atoms with Gasteiger partial charge in [-0.3, -0.25) is 9.78 Å². The third kappa shape index (κ3) is 1.79. The second-order valence-corrected chi connectivity index (χ2v) is 2.92. The highest BCUT2D eigenvalue weighted by Gasteiger charge is 2.09. The van der Waals surface area contributed by atoms with Crippen molar-refractivity contribution in [2.75, 3.05) is 19.0 Å². The lowest BCUT2D eigenvalue weighted by atomic mass is 10.4. The van der Waals surface area contributed by atoms with Gasteiger partial charge in [-0.2, -0.15) is 5.26 Å². The van der Waals surface area contributed by atoms with Crippen LogP contribution in [-0.4, -0.2) is 24.1 Å². The molecule has 0 radical (unpaired) electrons. The molecule has 0 aliphatic rings. The standard InChI is InChI=1S/C7H7ClN4O/c1-12(2)7-10-5(8)4(3-9)6(13)11-7/h1-2H3,(H,10,11,13). The number of H-pyrrole nitrogens is 1. The number of hydrogen-bond acceptors (Lipinski definition) is 4. The molecule has 5 nitrogen and oxygen atoms in total. The lowest BCUT2D eigenvalue weighted by Crippen LogP contribution is -2.20. The van der Waals surface area contributed by atoms with Crippen LogP contribution in [0.1, 0.15) is 5.56 Å². The van der Waals surface area contributed by atoms with E-state index in [-0.39, 0.29) is 10.7 Å². The molecule has 0 fully saturated rings. The van der Waals surface area contributed by atoms with Crippen LogP contribution in [0.4, 0.5) is 5.95 Å². The molecule has 1 N–H and O–H groups in total. The smallest absolute Gasteiger partial charge is 0.271 e. The molecule has 0 aromatic carbocycles. The summed E-state index contributed by atoms with van der Waals surface area (Å²) >= 11 is 5.60. The van der Waals surface area contributed by atoms with Gasteiger partial charge in [-0.25, -0.2) is 4.98 Å². The highest BCUT2D eigenvalue weighted by Crippen LogP contribution is 2.10. The highest BCUT2D eigenvalue weighted by molar-refractivity contribution is 6.30. The minimum atomic E-state index is -0.522. The van der Waals surface area contributed by atoms with E-state index in [1.165, 1.54) is 0 Å². The average Bonchev–Trinajstić information content (AvgIpc) is 2.03. The summed E-state index contributed by atoms with van der Waals surface area (Å²) in [5, 5.41) is 8.45. The summed E-state index contributed by atoms with van der Waals surface area (Å²) < 4.78 is 0. The molecule has 0 aliphatic heterocycles. The molecule has 1 aromatic heterocycles. The van der Waals surface area contributed by atoms with Gasteiger partial charge in [0.05, 0.1) is 0 Å². The fourth-order valence-electron chi connectivity index (χ4n) is 0.743. The Morgan fingerprint density at radius 3 is 2.62 bits per heavy atom. The zero-order valence-corrected chi connectivity index (χ0v) is 7.88. The van der Waals surface area contributed by atoms with E-state index in [4.69, 9.17) is 16.9 Å². The summed E-state index contributed by atoms with van der Waals surface area (Å²) in [4.78, 5) is 19.0. The predicted molar refractivity (Wildman–Crippen MR) is 48.9 cm³/mol. The molecule has 0 bridgehead atoms. The predicted octanol–water partition coefficient (Wildman–Crippen LogP) is 0.361. The lowest BCUT2D eigenvalue weighted by molar-refractivity contribution is 0.976. The van der Waals surface area contributed by atoms with Gasteiger partial charge in [-0.15, -0.1) is 0 Å². The van der Waals surface area contributed by atoms with Gasteiger partial charge in [0.2, 0.25) is 5.95 Å². The van der Waals surface area contributed by atoms with Crippen molar-refractivity contribution in [2.24, 2.45) is 0 Å². The van der Waals surface area contributed by atoms with Crippen LogP contribution in [-0.2, 0) is 0 Å². The summed E-state index contributed by atoms with van der Waals surface area (Å²) in [5.74, 6) is 0.328. The Labute approximate surface area is 79.6 Å². The van der Waals surface area contributed by atoms with E-state index in [0.717, 1.165) is 0 Å². The molecule has 0 saturated carbocycles. The number of anilines is 1. The number of nitrogens with zero attached hydrogens (tertiary/aromatic N) is 3. The summed E-state index contributed by atoms with van der Waals surface area (Å²) in [6, 6.07) is 1.67. The Morgan fingerprint density at radius 2 is 2.23 bits per heavy atom. The summed E-state index contributed by atoms with van der Waals surface area (Å²) in [6.07, 6.45) is 0. The Hall–Kier alpha value is -1.54. The number of hydrogen-bond donors (Lipinski definition) is 1. The fraction of sp³-hybridized carbons (Fsp3) is 0.286. The van der Waals surface area contributed by atoms with Crippen LogP contribution < -0.4 is 10.5 Å². The van der Waals surface area contributed by atoms with E-state index >= 15 is 0 Å². The van der Waals surface area contributed by atoms with Crippen molar-refractivity contribution in [3.8, 4) is 6.07 Å². The number of nitrogens with one attached hydrogen (secondary N) is 1. The fourth-order valence-corrected chi connectivity index (χ4v) is 0.951. The van der Waals surface area contributed by atoms with E-state index in [2.05, 4.69) is 9.97 Å². The number of halogens is 1. The maximum Gasteiger partial charge on any atom is 0.271 e. The quantitative estimate of drug-likeness (QED) is 0.662. The van der Waals surface area contributed by atoms with Crippen molar-refractivity contribution >= 4 is 17.5 Å². The average molecular weight is 199 g/mol. The number of aromatic nitrogens is 2. The number of aromatic amines is 1. The second-order valence-electron chi connectivity index (χ2n) is 2.56. The van der Waals surface area contributed by atoms with Crippen LogP contribution >= 0.6 is 11.6 Å². The molecule has 1 aromatic rings. The van der Waals surface area contributed by atoms with Crippen molar-refractivity contribution < 1.29 is 0 Å². The lowest BCUT2D eigenvalue weighted by Gasteiger charge is -2.09. The molecule has 1 rings (SSSR count). The highest BCUT2D eigenvalue weighted by atomic mass is 35.5. The van der Waals surface area contributed by atoms with Gasteiger partial charge in [0.1, 0.15) is 6.07 Å². The van der Waals surface area contributed by atoms with Gasteiger partial charge in [0.25, 0.3) is 5.56 Å². The van der Waals surface area contributed by atoms with E-state index in [1.807, 2.05) is 0 Å². The van der Waals surface area contributed by atoms with E-state index in [1.54, 1.807) is 25.1 Å². The molecule has 0 atom stereocenters. The Balaban J connectivity index is 3.40. The molecule has 6 heteroatoms. The molecule has 0 aliphatic carbocycles. The van der Waals surface area contributed by atoms with Crippen molar-refractivity contribution in [3.63, 3.8) is 0 Å². The van der Waals surface area contributed by atoms with Crippen molar-refractivity contribution in [3.05, 3.63) is 21.1 Å². The van der Waals surface area contributed by atoms with E-state index in [0.29, 0.717) is 5.95 Å². The topological polar surface area (TPSA) is 72.8 Å². The van der Waals surface area contributed by atoms with E-state index in [9.17, 15) is 4.79 Å². The third-order valence-electron chi connectivity index (χ3n) is 1.40. The summed E-state index contributed by atoms with van der Waals surface area (Å²) in [6.45, 7) is 0. The SMILES string of the molecule is CN(C)c1nc(Cl)c(C#N)c(=O)[nH]1. The number of nitriles is 1. The minimum absolute atomic E-state index is 0.0741. The first-order valence-electron chi connectivity index (χ1n) is 3.43. The Morgan fingerprint density at radius 1 is 1.62 bits per heavy atom. The monoisotopic (exact) mass is 198 g/mol. The normalized spacial score (nSPS) is 9.38. The zero-order valence-electron chi connectivity index (χ0n) is 7.13. The maximum absolute atomic E-state index is 11.2. The molecule has 0 unspecified atom stereocenters. The molecule has 0 spiro atoms. The first-order chi connectivity index (χ1) is 6.06. The Kier molecular flexibility index (Phi) is 2.54. The van der Waals surface area contributed by atoms with Crippen molar-refractivity contribution in [1.82, 2.24) is 9.97 Å². The van der Waals surface area contributed by atoms with Gasteiger partial charge in [0, 0.05) is 14.1 Å². The Bertz CT molecular complexity index is 417. The first-order valence-corrected chi connectivity index (χ1v) is 3.81. The summed E-state index contributed by atoms with van der Waals surface area (Å²) in [5.41, 5.74) is -0.682. The van der Waals surface area contributed by atoms with Crippen LogP contribution in [0.3, 0.4) is 0 Å². The maximum atomic E-state index is 11.2. The van der Waals surface area contributed by atoms with Gasteiger partial charge in [0.15, 0.2) is 10.7 Å². The molecular weight excluding hydrogens is 192 g/mol. The largest absolute Gasteiger partial charge is 0.348 e. The minimum Gasteiger partial charge on any atom is -0.348 e. The molecule has 13 heavy (non-hydrogen) atoms. The van der Waals surface area contributed by atoms with Crippen LogP contribution in [0.2, 0.25) is 5.15 Å². The molecule has 0 amide bonds. The van der Waals surface area contributed by atoms with Crippen molar-refractivity contribution in [1.29, 1.82) is 5.26 Å².